The summed E-state index contributed by atoms with van der Waals surface area (Å²) < 4.78 is 1.89. The average Bonchev–Trinajstić information content (AvgIpc) is 3.33. The first kappa shape index (κ1) is 16.6. The maximum absolute atomic E-state index is 12.9. The lowest BCUT2D eigenvalue weighted by Crippen LogP contribution is -2.37. The molecule has 1 aromatic carbocycles. The van der Waals surface area contributed by atoms with Crippen LogP contribution in [-0.2, 0) is 0 Å². The van der Waals surface area contributed by atoms with Crippen molar-refractivity contribution >= 4 is 39.1 Å². The van der Waals surface area contributed by atoms with Gasteiger partial charge in [-0.2, -0.15) is 5.10 Å². The zero-order valence-electron chi connectivity index (χ0n) is 14.1. The summed E-state index contributed by atoms with van der Waals surface area (Å²) in [5, 5.41) is 9.65. The minimum Gasteiger partial charge on any atom is -0.337 e. The van der Waals surface area contributed by atoms with Crippen molar-refractivity contribution in [2.45, 2.75) is 19.4 Å². The van der Waals surface area contributed by atoms with Gasteiger partial charge in [0.15, 0.2) is 0 Å². The standard InChI is InChI=1S/C18H19ClN4OS/c1-11-15-9-16(17(24)22(2)14-7-8-20-10-14)25-18(15)23(21-11)13-5-3-12(19)4-6-13/h3-6,9,14,20H,7-8,10H2,1-2H3. The normalized spacial score (nSPS) is 17.3. The molecule has 1 fully saturated rings. The molecule has 130 valence electrons. The first-order chi connectivity index (χ1) is 12.0. The van der Waals surface area contributed by atoms with Crippen molar-refractivity contribution < 1.29 is 4.79 Å². The molecule has 5 nitrogen and oxygen atoms in total. The second-order valence-corrected chi connectivity index (χ2v) is 7.83. The number of benzene rings is 1. The van der Waals surface area contributed by atoms with E-state index in [-0.39, 0.29) is 11.9 Å². The Morgan fingerprint density at radius 2 is 2.16 bits per heavy atom. The van der Waals surface area contributed by atoms with Crippen LogP contribution in [0.15, 0.2) is 30.3 Å². The number of carbonyl (C=O) groups excluding carboxylic acids is 1. The van der Waals surface area contributed by atoms with Crippen molar-refractivity contribution in [2.24, 2.45) is 0 Å². The smallest absolute Gasteiger partial charge is 0.264 e. The van der Waals surface area contributed by atoms with Crippen LogP contribution in [0.25, 0.3) is 15.9 Å². The van der Waals surface area contributed by atoms with Gasteiger partial charge in [-0.1, -0.05) is 11.6 Å². The lowest BCUT2D eigenvalue weighted by molar-refractivity contribution is 0.0749. The fourth-order valence-electron chi connectivity index (χ4n) is 3.22. The van der Waals surface area contributed by atoms with Gasteiger partial charge in [0.1, 0.15) is 4.83 Å². The summed E-state index contributed by atoms with van der Waals surface area (Å²) in [4.78, 5) is 16.5. The van der Waals surface area contributed by atoms with Crippen LogP contribution in [0, 0.1) is 6.92 Å². The number of carbonyl (C=O) groups is 1. The predicted octanol–water partition coefficient (Wildman–Crippen LogP) is 3.48. The van der Waals surface area contributed by atoms with Gasteiger partial charge in [0, 0.05) is 30.0 Å². The molecule has 2 aromatic heterocycles. The van der Waals surface area contributed by atoms with Crippen molar-refractivity contribution in [1.29, 1.82) is 0 Å². The summed E-state index contributed by atoms with van der Waals surface area (Å²) in [6.45, 7) is 3.81. The minimum absolute atomic E-state index is 0.0805. The van der Waals surface area contributed by atoms with Crippen molar-refractivity contribution in [1.82, 2.24) is 20.0 Å². The zero-order chi connectivity index (χ0) is 17.6. The van der Waals surface area contributed by atoms with E-state index < -0.39 is 0 Å². The van der Waals surface area contributed by atoms with Crippen LogP contribution in [0.4, 0.5) is 0 Å². The van der Waals surface area contributed by atoms with Crippen LogP contribution >= 0.6 is 22.9 Å². The van der Waals surface area contributed by atoms with Crippen LogP contribution in [0.2, 0.25) is 5.02 Å². The van der Waals surface area contributed by atoms with Gasteiger partial charge in [-0.05, 0) is 50.2 Å². The van der Waals surface area contributed by atoms with E-state index in [4.69, 9.17) is 11.6 Å². The van der Waals surface area contributed by atoms with Crippen molar-refractivity contribution in [3.05, 3.63) is 45.9 Å². The minimum atomic E-state index is 0.0805. The van der Waals surface area contributed by atoms with Gasteiger partial charge in [-0.25, -0.2) is 4.68 Å². The van der Waals surface area contributed by atoms with E-state index in [9.17, 15) is 4.79 Å². The number of halogens is 1. The third-order valence-corrected chi connectivity index (χ3v) is 6.08. The predicted molar refractivity (Wildman–Crippen MR) is 102 cm³/mol. The molecule has 0 spiro atoms. The van der Waals surface area contributed by atoms with E-state index >= 15 is 0 Å². The van der Waals surface area contributed by atoms with E-state index in [1.54, 1.807) is 0 Å². The molecule has 1 amide bonds. The van der Waals surface area contributed by atoms with E-state index in [0.717, 1.165) is 46.0 Å². The first-order valence-electron chi connectivity index (χ1n) is 8.27. The maximum Gasteiger partial charge on any atom is 0.264 e. The molecule has 0 aliphatic carbocycles. The van der Waals surface area contributed by atoms with Crippen LogP contribution in [0.1, 0.15) is 21.8 Å². The topological polar surface area (TPSA) is 50.2 Å². The average molecular weight is 375 g/mol. The molecular formula is C18H19ClN4OS. The Labute approximate surface area is 155 Å². The van der Waals surface area contributed by atoms with Crippen molar-refractivity contribution in [3.63, 3.8) is 0 Å². The lowest BCUT2D eigenvalue weighted by atomic mass is 10.2. The molecule has 25 heavy (non-hydrogen) atoms. The van der Waals surface area contributed by atoms with Crippen LogP contribution < -0.4 is 5.32 Å². The summed E-state index contributed by atoms with van der Waals surface area (Å²) in [7, 11) is 1.89. The molecule has 4 rings (SSSR count). The highest BCUT2D eigenvalue weighted by Crippen LogP contribution is 2.31. The van der Waals surface area contributed by atoms with Gasteiger partial charge >= 0.3 is 0 Å². The van der Waals surface area contributed by atoms with Crippen molar-refractivity contribution in [3.8, 4) is 5.69 Å². The summed E-state index contributed by atoms with van der Waals surface area (Å²) in [6.07, 6.45) is 1.00. The Hall–Kier alpha value is -1.89. The third-order valence-electron chi connectivity index (χ3n) is 4.73. The molecule has 3 aromatic rings. The van der Waals surface area contributed by atoms with E-state index in [1.165, 1.54) is 11.3 Å². The molecule has 1 aliphatic rings. The number of likely N-dealkylation sites (N-methyl/N-ethyl adjacent to an activating group) is 1. The monoisotopic (exact) mass is 374 g/mol. The Morgan fingerprint density at radius 3 is 2.84 bits per heavy atom. The Morgan fingerprint density at radius 1 is 1.40 bits per heavy atom. The molecule has 0 saturated carbocycles. The van der Waals surface area contributed by atoms with E-state index in [0.29, 0.717) is 5.02 Å². The fraction of sp³-hybridized carbons (Fsp3) is 0.333. The zero-order valence-corrected chi connectivity index (χ0v) is 15.7. The highest BCUT2D eigenvalue weighted by atomic mass is 35.5. The number of rotatable bonds is 3. The Kier molecular flexibility index (Phi) is 4.27. The van der Waals surface area contributed by atoms with E-state index in [1.807, 2.05) is 53.9 Å². The van der Waals surface area contributed by atoms with Gasteiger partial charge in [-0.3, -0.25) is 4.79 Å². The summed E-state index contributed by atoms with van der Waals surface area (Å²) in [5.74, 6) is 0.0805. The SMILES string of the molecule is Cc1nn(-c2ccc(Cl)cc2)c2sc(C(=O)N(C)C3CCNC3)cc12. The first-order valence-corrected chi connectivity index (χ1v) is 9.47. The molecule has 0 bridgehead atoms. The Balaban J connectivity index is 1.71. The number of fused-ring (bicyclic) bond motifs is 1. The number of hydrogen-bond donors (Lipinski definition) is 1. The molecule has 1 atom stereocenters. The van der Waals surface area contributed by atoms with Crippen LogP contribution in [0.3, 0.4) is 0 Å². The van der Waals surface area contributed by atoms with Crippen LogP contribution in [-0.4, -0.2) is 46.8 Å². The third kappa shape index (κ3) is 2.94. The number of thiophene rings is 1. The fourth-order valence-corrected chi connectivity index (χ4v) is 4.51. The second kappa shape index (κ2) is 6.44. The number of aromatic nitrogens is 2. The van der Waals surface area contributed by atoms with Gasteiger partial charge < -0.3 is 10.2 Å². The number of hydrogen-bond acceptors (Lipinski definition) is 4. The molecular weight excluding hydrogens is 356 g/mol. The molecule has 7 heteroatoms. The maximum atomic E-state index is 12.9. The highest BCUT2D eigenvalue weighted by Gasteiger charge is 2.26. The molecule has 3 heterocycles. The molecule has 1 unspecified atom stereocenters. The Bertz CT molecular complexity index is 925. The number of nitrogens with zero attached hydrogens (tertiary/aromatic N) is 3. The van der Waals surface area contributed by atoms with E-state index in [2.05, 4.69) is 10.4 Å². The largest absolute Gasteiger partial charge is 0.337 e. The highest BCUT2D eigenvalue weighted by molar-refractivity contribution is 7.20. The molecule has 1 aliphatic heterocycles. The van der Waals surface area contributed by atoms with Gasteiger partial charge in [0.2, 0.25) is 0 Å². The summed E-state index contributed by atoms with van der Waals surface area (Å²) >= 11 is 7.48. The quantitative estimate of drug-likeness (QED) is 0.763. The van der Waals surface area contributed by atoms with Crippen molar-refractivity contribution in [2.75, 3.05) is 20.1 Å². The summed E-state index contributed by atoms with van der Waals surface area (Å²) in [6, 6.07) is 9.81. The number of amides is 1. The number of aryl methyl sites for hydroxylation is 1. The lowest BCUT2D eigenvalue weighted by Gasteiger charge is -2.22. The number of nitrogens with one attached hydrogen (secondary N) is 1. The molecule has 0 radical (unpaired) electrons. The van der Waals surface area contributed by atoms with Gasteiger partial charge in [0.25, 0.3) is 5.91 Å². The van der Waals surface area contributed by atoms with Crippen LogP contribution in [0.5, 0.6) is 0 Å². The van der Waals surface area contributed by atoms with Gasteiger partial charge in [-0.15, -0.1) is 11.3 Å². The molecule has 1 N–H and O–H groups in total. The van der Waals surface area contributed by atoms with Gasteiger partial charge in [0.05, 0.1) is 16.3 Å². The second-order valence-electron chi connectivity index (χ2n) is 6.37. The summed E-state index contributed by atoms with van der Waals surface area (Å²) in [5.41, 5.74) is 1.86. The molecule has 1 saturated heterocycles.